The Balaban J connectivity index is 1.63. The van der Waals surface area contributed by atoms with Crippen LogP contribution < -0.4 is 20.1 Å². The lowest BCUT2D eigenvalue weighted by molar-refractivity contribution is -0.118. The van der Waals surface area contributed by atoms with Gasteiger partial charge in [-0.05, 0) is 47.4 Å². The number of benzene rings is 2. The Bertz CT molecular complexity index is 1590. The van der Waals surface area contributed by atoms with Gasteiger partial charge >= 0.3 is 6.09 Å². The maximum atomic E-state index is 13.1. The number of anilines is 1. The second-order valence-electron chi connectivity index (χ2n) is 10.0. The van der Waals surface area contributed by atoms with Crippen LogP contribution in [0.1, 0.15) is 33.3 Å². The molecule has 0 aliphatic carbocycles. The fraction of sp³-hybridized carbons (Fsp3) is 0.250. The van der Waals surface area contributed by atoms with Gasteiger partial charge in [0.2, 0.25) is 11.8 Å². The van der Waals surface area contributed by atoms with E-state index in [1.165, 1.54) is 6.92 Å². The highest BCUT2D eigenvalue weighted by molar-refractivity contribution is 7.92. The SMILES string of the molecule is CC(=O)NCCNC(=O)Oc1[nH]c2ccc(NS(=O)(=O)c3ccc(C(C)(C)C)cc3)cc2c1-c1cccnc1. The number of fused-ring (bicyclic) bond motifs is 1. The number of carbonyl (C=O) groups excluding carboxylic acids is 2. The quantitative estimate of drug-likeness (QED) is 0.238. The van der Waals surface area contributed by atoms with Gasteiger partial charge in [-0.1, -0.05) is 39.0 Å². The summed E-state index contributed by atoms with van der Waals surface area (Å²) in [4.78, 5) is 30.9. The third-order valence-electron chi connectivity index (χ3n) is 5.96. The Kier molecular flexibility index (Phi) is 7.91. The number of aromatic nitrogens is 2. The lowest BCUT2D eigenvalue weighted by Gasteiger charge is -2.19. The highest BCUT2D eigenvalue weighted by atomic mass is 32.2. The predicted octanol–water partition coefficient (Wildman–Crippen LogP) is 4.55. The number of carbonyl (C=O) groups is 2. The van der Waals surface area contributed by atoms with Crippen LogP contribution in [0, 0.1) is 0 Å². The van der Waals surface area contributed by atoms with Gasteiger partial charge in [0.15, 0.2) is 0 Å². The minimum Gasteiger partial charge on any atom is -0.393 e. The minimum atomic E-state index is -3.85. The number of nitrogens with one attached hydrogen (secondary N) is 4. The summed E-state index contributed by atoms with van der Waals surface area (Å²) in [7, 11) is -3.85. The molecule has 0 saturated carbocycles. The zero-order valence-electron chi connectivity index (χ0n) is 22.2. The molecule has 4 aromatic rings. The summed E-state index contributed by atoms with van der Waals surface area (Å²) >= 11 is 0. The molecule has 2 heterocycles. The molecular formula is C28H31N5O5S. The summed E-state index contributed by atoms with van der Waals surface area (Å²) in [6.45, 7) is 8.02. The average molecular weight is 550 g/mol. The fourth-order valence-corrected chi connectivity index (χ4v) is 5.03. The van der Waals surface area contributed by atoms with E-state index < -0.39 is 16.1 Å². The number of pyridine rings is 1. The van der Waals surface area contributed by atoms with Crippen LogP contribution in [0.15, 0.2) is 71.9 Å². The van der Waals surface area contributed by atoms with Crippen LogP contribution >= 0.6 is 0 Å². The zero-order valence-corrected chi connectivity index (χ0v) is 23.0. The van der Waals surface area contributed by atoms with E-state index in [9.17, 15) is 18.0 Å². The molecule has 0 fully saturated rings. The van der Waals surface area contributed by atoms with E-state index in [1.807, 2.05) is 18.2 Å². The summed E-state index contributed by atoms with van der Waals surface area (Å²) in [6.07, 6.45) is 2.53. The lowest BCUT2D eigenvalue weighted by Crippen LogP contribution is -2.35. The summed E-state index contributed by atoms with van der Waals surface area (Å²) in [5, 5.41) is 5.80. The molecule has 0 spiro atoms. The average Bonchev–Trinajstić information content (AvgIpc) is 3.23. The fourth-order valence-electron chi connectivity index (χ4n) is 3.98. The molecule has 0 atom stereocenters. The number of hydrogen-bond acceptors (Lipinski definition) is 6. The largest absolute Gasteiger partial charge is 0.413 e. The highest BCUT2D eigenvalue weighted by Gasteiger charge is 2.21. The van der Waals surface area contributed by atoms with Crippen LogP contribution in [0.2, 0.25) is 0 Å². The molecule has 10 nitrogen and oxygen atoms in total. The minimum absolute atomic E-state index is 0.0974. The molecule has 4 N–H and O–H groups in total. The van der Waals surface area contributed by atoms with Gasteiger partial charge in [0.25, 0.3) is 10.0 Å². The first-order chi connectivity index (χ1) is 18.4. The van der Waals surface area contributed by atoms with E-state index in [0.717, 1.165) is 5.56 Å². The van der Waals surface area contributed by atoms with Crippen molar-refractivity contribution in [3.05, 3.63) is 72.6 Å². The van der Waals surface area contributed by atoms with Crippen molar-refractivity contribution in [2.45, 2.75) is 38.0 Å². The van der Waals surface area contributed by atoms with Crippen LogP contribution in [0.3, 0.4) is 0 Å². The molecule has 0 aliphatic heterocycles. The standard InChI is InChI=1S/C28H31N5O5S/c1-18(34)30-14-15-31-27(35)38-26-25(19-6-5-13-29-17-19)23-16-21(9-12-24(23)32-26)33-39(36,37)22-10-7-20(8-11-22)28(2,3)4/h5-13,16-17,32-33H,14-15H2,1-4H3,(H,30,34)(H,31,35). The molecule has 204 valence electrons. The number of hydrogen-bond donors (Lipinski definition) is 4. The van der Waals surface area contributed by atoms with Crippen molar-refractivity contribution in [3.63, 3.8) is 0 Å². The van der Waals surface area contributed by atoms with Crippen molar-refractivity contribution in [3.8, 4) is 17.0 Å². The second-order valence-corrected chi connectivity index (χ2v) is 11.7. The highest BCUT2D eigenvalue weighted by Crippen LogP contribution is 2.38. The second kappa shape index (κ2) is 11.2. The smallest absolute Gasteiger partial charge is 0.393 e. The molecule has 0 bridgehead atoms. The zero-order chi connectivity index (χ0) is 28.2. The van der Waals surface area contributed by atoms with E-state index in [2.05, 4.69) is 46.1 Å². The third-order valence-corrected chi connectivity index (χ3v) is 7.36. The van der Waals surface area contributed by atoms with Gasteiger partial charge in [-0.2, -0.15) is 0 Å². The number of ether oxygens (including phenoxy) is 1. The first-order valence-electron chi connectivity index (χ1n) is 12.3. The van der Waals surface area contributed by atoms with Crippen molar-refractivity contribution in [2.75, 3.05) is 17.8 Å². The Morgan fingerprint density at radius 1 is 1.00 bits per heavy atom. The van der Waals surface area contributed by atoms with Crippen LogP contribution in [-0.2, 0) is 20.2 Å². The number of aromatic amines is 1. The first kappa shape index (κ1) is 27.6. The van der Waals surface area contributed by atoms with E-state index in [-0.39, 0.29) is 35.2 Å². The molecule has 2 amide bonds. The maximum absolute atomic E-state index is 13.1. The van der Waals surface area contributed by atoms with E-state index >= 15 is 0 Å². The first-order valence-corrected chi connectivity index (χ1v) is 13.8. The van der Waals surface area contributed by atoms with Crippen molar-refractivity contribution >= 4 is 38.6 Å². The predicted molar refractivity (Wildman–Crippen MR) is 150 cm³/mol. The van der Waals surface area contributed by atoms with Crippen molar-refractivity contribution in [1.82, 2.24) is 20.6 Å². The van der Waals surface area contributed by atoms with Crippen molar-refractivity contribution in [2.24, 2.45) is 0 Å². The van der Waals surface area contributed by atoms with Gasteiger partial charge < -0.3 is 20.4 Å². The van der Waals surface area contributed by atoms with Gasteiger partial charge in [0.1, 0.15) is 0 Å². The van der Waals surface area contributed by atoms with E-state index in [0.29, 0.717) is 27.7 Å². The third kappa shape index (κ3) is 6.74. The Morgan fingerprint density at radius 2 is 1.72 bits per heavy atom. The van der Waals surface area contributed by atoms with Gasteiger partial charge in [0.05, 0.1) is 10.5 Å². The Hall–Kier alpha value is -4.38. The molecule has 2 aromatic carbocycles. The van der Waals surface area contributed by atoms with Crippen LogP contribution in [-0.4, -0.2) is 43.5 Å². The van der Waals surface area contributed by atoms with Gasteiger partial charge in [-0.3, -0.25) is 14.5 Å². The number of rotatable bonds is 8. The molecule has 0 unspecified atom stereocenters. The van der Waals surface area contributed by atoms with Gasteiger partial charge in [-0.25, -0.2) is 13.2 Å². The monoisotopic (exact) mass is 549 g/mol. The molecular weight excluding hydrogens is 518 g/mol. The Labute approximate surface area is 227 Å². The molecule has 11 heteroatoms. The number of H-pyrrole nitrogens is 1. The normalized spacial score (nSPS) is 11.7. The van der Waals surface area contributed by atoms with Crippen molar-refractivity contribution < 1.29 is 22.7 Å². The van der Waals surface area contributed by atoms with Crippen molar-refractivity contribution in [1.29, 1.82) is 0 Å². The van der Waals surface area contributed by atoms with Crippen LogP contribution in [0.25, 0.3) is 22.0 Å². The molecule has 39 heavy (non-hydrogen) atoms. The Morgan fingerprint density at radius 3 is 2.36 bits per heavy atom. The number of sulfonamides is 1. The summed E-state index contributed by atoms with van der Waals surface area (Å²) in [5.41, 5.74) is 3.13. The maximum Gasteiger partial charge on any atom is 0.413 e. The number of amides is 2. The number of nitrogens with zero attached hydrogens (tertiary/aromatic N) is 1. The molecule has 0 saturated heterocycles. The van der Waals surface area contributed by atoms with E-state index in [4.69, 9.17) is 4.74 Å². The summed E-state index contributed by atoms with van der Waals surface area (Å²) in [6, 6.07) is 15.4. The lowest BCUT2D eigenvalue weighted by atomic mass is 9.87. The topological polar surface area (TPSA) is 142 Å². The summed E-state index contributed by atoms with van der Waals surface area (Å²) in [5.74, 6) is -0.0270. The van der Waals surface area contributed by atoms with E-state index in [1.54, 1.807) is 48.8 Å². The van der Waals surface area contributed by atoms with Gasteiger partial charge in [0, 0.05) is 54.6 Å². The molecule has 4 rings (SSSR count). The van der Waals surface area contributed by atoms with Gasteiger partial charge in [-0.15, -0.1) is 0 Å². The van der Waals surface area contributed by atoms with Crippen LogP contribution in [0.5, 0.6) is 5.88 Å². The summed E-state index contributed by atoms with van der Waals surface area (Å²) < 4.78 is 34.5. The molecule has 0 radical (unpaired) electrons. The van der Waals surface area contributed by atoms with Crippen LogP contribution in [0.4, 0.5) is 10.5 Å². The molecule has 2 aromatic heterocycles. The molecule has 0 aliphatic rings.